The second-order valence-corrected chi connectivity index (χ2v) is 12.8. The number of ether oxygens (including phenoxy) is 1. The molecule has 2 bridgehead atoms. The van der Waals surface area contributed by atoms with Crippen LogP contribution in [0.4, 0.5) is 5.69 Å². The fourth-order valence-corrected chi connectivity index (χ4v) is 7.44. The molecule has 2 N–H and O–H groups in total. The normalized spacial score (nSPS) is 33.7. The van der Waals surface area contributed by atoms with Crippen LogP contribution in [-0.4, -0.2) is 46.4 Å². The molecule has 2 aromatic rings. The molecular weight excluding hydrogens is 514 g/mol. The van der Waals surface area contributed by atoms with Gasteiger partial charge in [0.2, 0.25) is 17.7 Å². The van der Waals surface area contributed by atoms with Crippen molar-refractivity contribution in [3.63, 3.8) is 0 Å². The lowest BCUT2D eigenvalue weighted by atomic mass is 9.73. The molecule has 216 valence electrons. The molecule has 0 aromatic heterocycles. The number of nitrogens with zero attached hydrogens (tertiary/aromatic N) is 1. The van der Waals surface area contributed by atoms with Crippen LogP contribution in [0, 0.1) is 23.7 Å². The summed E-state index contributed by atoms with van der Waals surface area (Å²) < 4.78 is 6.52. The Bertz CT molecular complexity index is 1340. The number of rotatable bonds is 7. The largest absolute Gasteiger partial charge is 0.359 e. The average Bonchev–Trinajstić information content (AvgIpc) is 3.59. The highest BCUT2D eigenvalue weighted by molar-refractivity contribution is 6.02. The Kier molecular flexibility index (Phi) is 7.26. The quantitative estimate of drug-likeness (QED) is 0.469. The molecule has 3 heterocycles. The van der Waals surface area contributed by atoms with E-state index in [1.165, 1.54) is 5.56 Å². The second-order valence-electron chi connectivity index (χ2n) is 12.8. The van der Waals surface area contributed by atoms with Crippen LogP contribution in [-0.2, 0) is 25.7 Å². The number of likely N-dealkylation sites (tertiary alicyclic amines) is 1. The summed E-state index contributed by atoms with van der Waals surface area (Å²) in [6, 6.07) is 16.7. The Hall–Kier alpha value is -3.45. The van der Waals surface area contributed by atoms with Crippen LogP contribution >= 0.6 is 0 Å². The zero-order valence-corrected chi connectivity index (χ0v) is 24.4. The molecule has 3 fully saturated rings. The molecule has 0 radical (unpaired) electrons. The van der Waals surface area contributed by atoms with E-state index >= 15 is 0 Å². The van der Waals surface area contributed by atoms with E-state index < -0.39 is 29.6 Å². The summed E-state index contributed by atoms with van der Waals surface area (Å²) in [7, 11) is 0. The first-order valence-corrected chi connectivity index (χ1v) is 15.1. The molecule has 2 aromatic carbocycles. The molecule has 3 aliphatic heterocycles. The SMILES string of the molecule is CC(C)c1ccc(NC(=O)[C@H]2[C@H]3C=C[C@@]4(O3)[C@H]2C(=O)N(Cc2ccccc2)[C@@H]4C(=O)N[C@@H]2CCC[C@H](C)[C@H]2C)cc1. The van der Waals surface area contributed by atoms with Crippen molar-refractivity contribution < 1.29 is 19.1 Å². The van der Waals surface area contributed by atoms with Crippen LogP contribution in [0.5, 0.6) is 0 Å². The van der Waals surface area contributed by atoms with Crippen LogP contribution in [0.3, 0.4) is 0 Å². The maximum Gasteiger partial charge on any atom is 0.246 e. The predicted molar refractivity (Wildman–Crippen MR) is 158 cm³/mol. The van der Waals surface area contributed by atoms with Crippen molar-refractivity contribution in [2.45, 2.75) is 83.2 Å². The second kappa shape index (κ2) is 10.8. The van der Waals surface area contributed by atoms with Gasteiger partial charge >= 0.3 is 0 Å². The summed E-state index contributed by atoms with van der Waals surface area (Å²) in [5.41, 5.74) is 1.63. The molecule has 1 saturated carbocycles. The van der Waals surface area contributed by atoms with E-state index in [2.05, 4.69) is 38.3 Å². The molecule has 1 spiro atoms. The molecule has 8 atom stereocenters. The molecule has 0 unspecified atom stereocenters. The lowest BCUT2D eigenvalue weighted by Crippen LogP contribution is -2.57. The third kappa shape index (κ3) is 4.78. The number of fused-ring (bicyclic) bond motifs is 1. The lowest BCUT2D eigenvalue weighted by Gasteiger charge is -2.38. The van der Waals surface area contributed by atoms with Gasteiger partial charge in [-0.05, 0) is 47.4 Å². The maximum atomic E-state index is 14.2. The summed E-state index contributed by atoms with van der Waals surface area (Å²) >= 11 is 0. The van der Waals surface area contributed by atoms with Crippen LogP contribution in [0.15, 0.2) is 66.7 Å². The standard InChI is InChI=1S/C34H41N3O4/c1-20(2)24-13-15-25(16-14-24)35-31(38)28-27-17-18-34(41-27)29(28)33(40)37(19-23-10-6-5-7-11-23)30(34)32(39)36-26-12-8-9-21(3)22(26)4/h5-7,10-11,13-18,20-22,26-30H,8-9,12,19H2,1-4H3,(H,35,38)(H,36,39)/t21-,22+,26+,27+,28-,29+,30+,34+/m0/s1. The van der Waals surface area contributed by atoms with Crippen LogP contribution < -0.4 is 10.6 Å². The number of amides is 3. The van der Waals surface area contributed by atoms with Crippen molar-refractivity contribution in [1.29, 1.82) is 0 Å². The number of hydrogen-bond donors (Lipinski definition) is 2. The summed E-state index contributed by atoms with van der Waals surface area (Å²) in [6.07, 6.45) is 6.35. The van der Waals surface area contributed by atoms with E-state index in [1.807, 2.05) is 66.7 Å². The number of carbonyl (C=O) groups excluding carboxylic acids is 3. The van der Waals surface area contributed by atoms with Crippen molar-refractivity contribution in [2.24, 2.45) is 23.7 Å². The van der Waals surface area contributed by atoms with E-state index in [9.17, 15) is 14.4 Å². The van der Waals surface area contributed by atoms with Crippen molar-refractivity contribution in [2.75, 3.05) is 5.32 Å². The number of hydrogen-bond acceptors (Lipinski definition) is 4. The minimum Gasteiger partial charge on any atom is -0.359 e. The van der Waals surface area contributed by atoms with Crippen molar-refractivity contribution in [1.82, 2.24) is 10.2 Å². The third-order valence-corrected chi connectivity index (χ3v) is 10.0. The lowest BCUT2D eigenvalue weighted by molar-refractivity contribution is -0.142. The summed E-state index contributed by atoms with van der Waals surface area (Å²) in [4.78, 5) is 43.8. The summed E-state index contributed by atoms with van der Waals surface area (Å²) in [5.74, 6) is -0.897. The highest BCUT2D eigenvalue weighted by Crippen LogP contribution is 2.55. The first kappa shape index (κ1) is 27.7. The van der Waals surface area contributed by atoms with Gasteiger partial charge in [-0.3, -0.25) is 14.4 Å². The Morgan fingerprint density at radius 1 is 1.02 bits per heavy atom. The maximum absolute atomic E-state index is 14.2. The molecular formula is C34H41N3O4. The van der Waals surface area contributed by atoms with Crippen LogP contribution in [0.25, 0.3) is 0 Å². The highest BCUT2D eigenvalue weighted by Gasteiger charge is 2.72. The molecule has 1 aliphatic carbocycles. The summed E-state index contributed by atoms with van der Waals surface area (Å²) in [5, 5.41) is 6.34. The minimum absolute atomic E-state index is 0.0471. The fraction of sp³-hybridized carbons (Fsp3) is 0.500. The first-order chi connectivity index (χ1) is 19.7. The molecule has 7 nitrogen and oxygen atoms in total. The van der Waals surface area contributed by atoms with E-state index in [4.69, 9.17) is 4.74 Å². The number of nitrogens with one attached hydrogen (secondary N) is 2. The van der Waals surface area contributed by atoms with Gasteiger partial charge in [-0.25, -0.2) is 0 Å². The van der Waals surface area contributed by atoms with E-state index in [0.29, 0.717) is 23.4 Å². The van der Waals surface area contributed by atoms with Gasteiger partial charge < -0.3 is 20.3 Å². The Balaban J connectivity index is 1.30. The van der Waals surface area contributed by atoms with E-state index in [0.717, 1.165) is 24.8 Å². The zero-order valence-electron chi connectivity index (χ0n) is 24.4. The van der Waals surface area contributed by atoms with Crippen molar-refractivity contribution in [3.05, 3.63) is 77.9 Å². The number of benzene rings is 2. The predicted octanol–water partition coefficient (Wildman–Crippen LogP) is 5.04. The molecule has 2 saturated heterocycles. The van der Waals surface area contributed by atoms with Crippen molar-refractivity contribution >= 4 is 23.4 Å². The van der Waals surface area contributed by atoms with Gasteiger partial charge in [-0.15, -0.1) is 0 Å². The van der Waals surface area contributed by atoms with Gasteiger partial charge in [-0.2, -0.15) is 0 Å². The highest BCUT2D eigenvalue weighted by atomic mass is 16.5. The fourth-order valence-electron chi connectivity index (χ4n) is 7.44. The Morgan fingerprint density at radius 3 is 2.46 bits per heavy atom. The topological polar surface area (TPSA) is 87.7 Å². The minimum atomic E-state index is -1.17. The average molecular weight is 556 g/mol. The van der Waals surface area contributed by atoms with Gasteiger partial charge in [0, 0.05) is 18.3 Å². The Labute approximate surface area is 242 Å². The molecule has 4 aliphatic rings. The van der Waals surface area contributed by atoms with Gasteiger partial charge in [-0.1, -0.05) is 95.2 Å². The third-order valence-electron chi connectivity index (χ3n) is 10.0. The van der Waals surface area contributed by atoms with Crippen LogP contribution in [0.2, 0.25) is 0 Å². The molecule has 6 rings (SSSR count). The molecule has 41 heavy (non-hydrogen) atoms. The summed E-state index contributed by atoms with van der Waals surface area (Å²) in [6.45, 7) is 8.97. The van der Waals surface area contributed by atoms with E-state index in [1.54, 1.807) is 4.90 Å². The molecule has 7 heteroatoms. The van der Waals surface area contributed by atoms with Gasteiger partial charge in [0.15, 0.2) is 0 Å². The first-order valence-electron chi connectivity index (χ1n) is 15.1. The number of carbonyl (C=O) groups is 3. The smallest absolute Gasteiger partial charge is 0.246 e. The van der Waals surface area contributed by atoms with Gasteiger partial charge in [0.05, 0.1) is 17.9 Å². The number of anilines is 1. The van der Waals surface area contributed by atoms with Crippen molar-refractivity contribution in [3.8, 4) is 0 Å². The zero-order chi connectivity index (χ0) is 28.9. The van der Waals surface area contributed by atoms with E-state index in [-0.39, 0.29) is 30.3 Å². The van der Waals surface area contributed by atoms with Gasteiger partial charge in [0.1, 0.15) is 11.6 Å². The Morgan fingerprint density at radius 2 is 1.76 bits per heavy atom. The monoisotopic (exact) mass is 555 g/mol. The molecule has 3 amide bonds. The van der Waals surface area contributed by atoms with Crippen LogP contribution in [0.1, 0.15) is 64.0 Å². The van der Waals surface area contributed by atoms with Gasteiger partial charge in [0.25, 0.3) is 0 Å².